The minimum atomic E-state index is -1.21. The Balaban J connectivity index is 2.15. The quantitative estimate of drug-likeness (QED) is 0.850. The summed E-state index contributed by atoms with van der Waals surface area (Å²) in [6, 6.07) is 4.88. The van der Waals surface area contributed by atoms with E-state index in [1.54, 1.807) is 6.07 Å². The Morgan fingerprint density at radius 1 is 1.56 bits per heavy atom. The lowest BCUT2D eigenvalue weighted by Gasteiger charge is -2.15. The van der Waals surface area contributed by atoms with Crippen LogP contribution in [0.3, 0.4) is 0 Å². The highest BCUT2D eigenvalue weighted by atomic mass is 19.1. The van der Waals surface area contributed by atoms with Crippen molar-refractivity contribution in [3.63, 3.8) is 0 Å². The zero-order valence-electron chi connectivity index (χ0n) is 9.11. The fourth-order valence-corrected chi connectivity index (χ4v) is 1.77. The lowest BCUT2D eigenvalue weighted by atomic mass is 10.1. The van der Waals surface area contributed by atoms with Gasteiger partial charge in [-0.3, -0.25) is 4.90 Å². The second kappa shape index (κ2) is 4.22. The topological polar surface area (TPSA) is 40.5 Å². The summed E-state index contributed by atoms with van der Waals surface area (Å²) >= 11 is 0. The Labute approximate surface area is 93.5 Å². The third-order valence-electron chi connectivity index (χ3n) is 2.86. The number of hydrogen-bond acceptors (Lipinski definition) is 2. The first-order valence-corrected chi connectivity index (χ1v) is 5.30. The molecule has 0 aromatic heterocycles. The Bertz CT molecular complexity index is 415. The minimum absolute atomic E-state index is 0.248. The molecule has 3 nitrogen and oxygen atoms in total. The molecule has 0 aliphatic heterocycles. The van der Waals surface area contributed by atoms with Crippen LogP contribution < -0.4 is 0 Å². The van der Waals surface area contributed by atoms with Gasteiger partial charge in [0.2, 0.25) is 0 Å². The predicted octanol–water partition coefficient (Wildman–Crippen LogP) is 2.12. The number of halogens is 1. The highest BCUT2D eigenvalue weighted by Crippen LogP contribution is 2.26. The molecule has 0 bridgehead atoms. The monoisotopic (exact) mass is 223 g/mol. The van der Waals surface area contributed by atoms with Crippen LogP contribution in [0.2, 0.25) is 0 Å². The Kier molecular flexibility index (Phi) is 2.92. The average Bonchev–Trinajstić information content (AvgIpc) is 3.03. The van der Waals surface area contributed by atoms with Gasteiger partial charge in [-0.1, -0.05) is 6.07 Å². The summed E-state index contributed by atoms with van der Waals surface area (Å²) in [5.41, 5.74) is 0.592. The van der Waals surface area contributed by atoms with Crippen LogP contribution in [0.25, 0.3) is 0 Å². The van der Waals surface area contributed by atoms with Crippen LogP contribution >= 0.6 is 0 Å². The summed E-state index contributed by atoms with van der Waals surface area (Å²) in [5, 5.41) is 8.79. The molecule has 1 N–H and O–H groups in total. The zero-order valence-corrected chi connectivity index (χ0v) is 9.11. The molecule has 0 radical (unpaired) electrons. The third kappa shape index (κ3) is 2.39. The largest absolute Gasteiger partial charge is 0.478 e. The van der Waals surface area contributed by atoms with Crippen molar-refractivity contribution in [3.8, 4) is 0 Å². The maximum atomic E-state index is 13.1. The maximum absolute atomic E-state index is 13.1. The van der Waals surface area contributed by atoms with Crippen LogP contribution in [0, 0.1) is 5.82 Å². The molecule has 1 aliphatic carbocycles. The van der Waals surface area contributed by atoms with E-state index in [0.29, 0.717) is 12.6 Å². The lowest BCUT2D eigenvalue weighted by molar-refractivity contribution is 0.0691. The molecule has 0 saturated heterocycles. The van der Waals surface area contributed by atoms with Gasteiger partial charge < -0.3 is 5.11 Å². The molecule has 16 heavy (non-hydrogen) atoms. The SMILES string of the molecule is CN(Cc1ccc(F)c(C(=O)O)c1)C1CC1. The highest BCUT2D eigenvalue weighted by molar-refractivity contribution is 5.88. The number of carboxylic acids is 1. The molecule has 1 fully saturated rings. The van der Waals surface area contributed by atoms with Gasteiger partial charge in [-0.25, -0.2) is 9.18 Å². The standard InChI is InChI=1S/C12H14FNO2/c1-14(9-3-4-9)7-8-2-5-11(13)10(6-8)12(15)16/h2,5-6,9H,3-4,7H2,1H3,(H,15,16). The van der Waals surface area contributed by atoms with Crippen molar-refractivity contribution >= 4 is 5.97 Å². The van der Waals surface area contributed by atoms with Crippen molar-refractivity contribution in [1.29, 1.82) is 0 Å². The van der Waals surface area contributed by atoms with E-state index in [0.717, 1.165) is 5.56 Å². The van der Waals surface area contributed by atoms with Gasteiger partial charge in [0, 0.05) is 12.6 Å². The summed E-state index contributed by atoms with van der Waals surface area (Å²) < 4.78 is 13.1. The van der Waals surface area contributed by atoms with Gasteiger partial charge >= 0.3 is 5.97 Å². The number of aromatic carboxylic acids is 1. The Hall–Kier alpha value is -1.42. The second-order valence-electron chi connectivity index (χ2n) is 4.27. The molecule has 86 valence electrons. The van der Waals surface area contributed by atoms with Crippen LogP contribution in [0.5, 0.6) is 0 Å². The van der Waals surface area contributed by atoms with E-state index < -0.39 is 11.8 Å². The summed E-state index contributed by atoms with van der Waals surface area (Å²) in [6.45, 7) is 0.672. The van der Waals surface area contributed by atoms with Gasteiger partial charge in [0.1, 0.15) is 5.82 Å². The molecule has 1 saturated carbocycles. The lowest BCUT2D eigenvalue weighted by Crippen LogP contribution is -2.20. The molecule has 0 atom stereocenters. The molecule has 1 aliphatic rings. The van der Waals surface area contributed by atoms with Crippen LogP contribution in [0.1, 0.15) is 28.8 Å². The number of nitrogens with zero attached hydrogens (tertiary/aromatic N) is 1. The van der Waals surface area contributed by atoms with Gasteiger partial charge in [-0.2, -0.15) is 0 Å². The van der Waals surface area contributed by atoms with Gasteiger partial charge in [-0.05, 0) is 37.6 Å². The van der Waals surface area contributed by atoms with Gasteiger partial charge in [0.05, 0.1) is 5.56 Å². The maximum Gasteiger partial charge on any atom is 0.338 e. The van der Waals surface area contributed by atoms with E-state index in [-0.39, 0.29) is 5.56 Å². The molecule has 4 heteroatoms. The van der Waals surface area contributed by atoms with E-state index in [4.69, 9.17) is 5.11 Å². The van der Waals surface area contributed by atoms with Crippen molar-refractivity contribution in [3.05, 3.63) is 35.1 Å². The van der Waals surface area contributed by atoms with E-state index in [2.05, 4.69) is 4.90 Å². The molecule has 0 unspecified atom stereocenters. The first-order valence-electron chi connectivity index (χ1n) is 5.30. The van der Waals surface area contributed by atoms with Gasteiger partial charge in [-0.15, -0.1) is 0 Å². The fraction of sp³-hybridized carbons (Fsp3) is 0.417. The van der Waals surface area contributed by atoms with Crippen molar-refractivity contribution in [2.75, 3.05) is 7.05 Å². The smallest absolute Gasteiger partial charge is 0.338 e. The zero-order chi connectivity index (χ0) is 11.7. The molecule has 0 spiro atoms. The van der Waals surface area contributed by atoms with Crippen LogP contribution in [0.4, 0.5) is 4.39 Å². The number of benzene rings is 1. The normalized spacial score (nSPS) is 15.4. The number of carboxylic acid groups (broad SMARTS) is 1. The molecular formula is C12H14FNO2. The number of hydrogen-bond donors (Lipinski definition) is 1. The summed E-state index contributed by atoms with van der Waals surface area (Å²) in [7, 11) is 2.00. The summed E-state index contributed by atoms with van der Waals surface area (Å²) in [6.07, 6.45) is 2.40. The third-order valence-corrected chi connectivity index (χ3v) is 2.86. The van der Waals surface area contributed by atoms with E-state index >= 15 is 0 Å². The van der Waals surface area contributed by atoms with Crippen molar-refractivity contribution < 1.29 is 14.3 Å². The Morgan fingerprint density at radius 3 is 2.81 bits per heavy atom. The second-order valence-corrected chi connectivity index (χ2v) is 4.27. The fourth-order valence-electron chi connectivity index (χ4n) is 1.77. The van der Waals surface area contributed by atoms with Crippen LogP contribution in [0.15, 0.2) is 18.2 Å². The Morgan fingerprint density at radius 2 is 2.25 bits per heavy atom. The van der Waals surface area contributed by atoms with Gasteiger partial charge in [0.25, 0.3) is 0 Å². The molecule has 0 heterocycles. The van der Waals surface area contributed by atoms with E-state index in [9.17, 15) is 9.18 Å². The predicted molar refractivity (Wildman–Crippen MR) is 57.8 cm³/mol. The van der Waals surface area contributed by atoms with Crippen LogP contribution in [-0.4, -0.2) is 29.1 Å². The molecule has 0 amide bonds. The van der Waals surface area contributed by atoms with Crippen molar-refractivity contribution in [2.24, 2.45) is 0 Å². The van der Waals surface area contributed by atoms with Crippen molar-refractivity contribution in [1.82, 2.24) is 4.90 Å². The van der Waals surface area contributed by atoms with Gasteiger partial charge in [0.15, 0.2) is 0 Å². The summed E-state index contributed by atoms with van der Waals surface area (Å²) in [5.74, 6) is -1.89. The molecule has 1 aromatic carbocycles. The van der Waals surface area contributed by atoms with Crippen molar-refractivity contribution in [2.45, 2.75) is 25.4 Å². The number of carbonyl (C=O) groups is 1. The minimum Gasteiger partial charge on any atom is -0.478 e. The first-order chi connectivity index (χ1) is 7.58. The average molecular weight is 223 g/mol. The molecule has 2 rings (SSSR count). The molecule has 1 aromatic rings. The summed E-state index contributed by atoms with van der Waals surface area (Å²) in [4.78, 5) is 12.9. The number of rotatable bonds is 4. The molecular weight excluding hydrogens is 209 g/mol. The highest BCUT2D eigenvalue weighted by Gasteiger charge is 2.26. The van der Waals surface area contributed by atoms with E-state index in [1.807, 2.05) is 7.05 Å². The van der Waals surface area contributed by atoms with E-state index in [1.165, 1.54) is 25.0 Å². The first kappa shape index (κ1) is 11.1. The van der Waals surface area contributed by atoms with Crippen LogP contribution in [-0.2, 0) is 6.54 Å².